The van der Waals surface area contributed by atoms with Gasteiger partial charge in [0.25, 0.3) is 0 Å². The van der Waals surface area contributed by atoms with Gasteiger partial charge >= 0.3 is 0 Å². The molecular formula is C14H25N3. The van der Waals surface area contributed by atoms with Crippen LogP contribution in [-0.2, 0) is 13.0 Å². The largest absolute Gasteiger partial charge is 0.317 e. The molecule has 0 aromatic carbocycles. The second-order valence-electron chi connectivity index (χ2n) is 5.20. The summed E-state index contributed by atoms with van der Waals surface area (Å²) >= 11 is 0. The van der Waals surface area contributed by atoms with Crippen molar-refractivity contribution in [1.29, 1.82) is 0 Å². The molecule has 2 unspecified atom stereocenters. The normalized spacial score (nSPS) is 23.7. The minimum Gasteiger partial charge on any atom is -0.317 e. The van der Waals surface area contributed by atoms with Crippen LogP contribution in [0.4, 0.5) is 0 Å². The van der Waals surface area contributed by atoms with Crippen LogP contribution in [0, 0.1) is 18.8 Å². The lowest BCUT2D eigenvalue weighted by atomic mass is 9.71. The molecule has 3 heteroatoms. The van der Waals surface area contributed by atoms with Gasteiger partial charge in [0.2, 0.25) is 0 Å². The minimum atomic E-state index is 0.871. The van der Waals surface area contributed by atoms with E-state index in [1.54, 1.807) is 0 Å². The topological polar surface area (TPSA) is 29.9 Å². The zero-order valence-corrected chi connectivity index (χ0v) is 11.4. The van der Waals surface area contributed by atoms with Crippen molar-refractivity contribution in [3.05, 3.63) is 17.5 Å². The van der Waals surface area contributed by atoms with Crippen molar-refractivity contribution >= 4 is 0 Å². The minimum absolute atomic E-state index is 0.871. The summed E-state index contributed by atoms with van der Waals surface area (Å²) in [4.78, 5) is 0. The van der Waals surface area contributed by atoms with E-state index in [4.69, 9.17) is 0 Å². The molecule has 2 rings (SSSR count). The van der Waals surface area contributed by atoms with Gasteiger partial charge in [-0.15, -0.1) is 0 Å². The van der Waals surface area contributed by atoms with Crippen LogP contribution in [-0.4, -0.2) is 22.9 Å². The molecule has 1 aromatic heterocycles. The average Bonchev–Trinajstić information content (AvgIpc) is 2.65. The molecule has 0 saturated heterocycles. The van der Waals surface area contributed by atoms with E-state index in [-0.39, 0.29) is 0 Å². The first-order valence-corrected chi connectivity index (χ1v) is 6.98. The van der Waals surface area contributed by atoms with Gasteiger partial charge in [-0.2, -0.15) is 5.10 Å². The molecule has 0 bridgehead atoms. The van der Waals surface area contributed by atoms with Crippen LogP contribution < -0.4 is 5.32 Å². The summed E-state index contributed by atoms with van der Waals surface area (Å²) in [6.45, 7) is 9.73. The first-order chi connectivity index (χ1) is 8.24. The van der Waals surface area contributed by atoms with Crippen molar-refractivity contribution in [1.82, 2.24) is 15.1 Å². The Morgan fingerprint density at radius 2 is 2.12 bits per heavy atom. The summed E-state index contributed by atoms with van der Waals surface area (Å²) in [5.41, 5.74) is 2.58. The van der Waals surface area contributed by atoms with Crippen LogP contribution in [0.5, 0.6) is 0 Å². The lowest BCUT2D eigenvalue weighted by molar-refractivity contribution is 0.169. The maximum Gasteiger partial charge on any atom is 0.0596 e. The highest BCUT2D eigenvalue weighted by atomic mass is 15.3. The Bertz CT molecular complexity index is 356. The van der Waals surface area contributed by atoms with E-state index in [9.17, 15) is 0 Å². The molecule has 0 amide bonds. The number of aryl methyl sites for hydroxylation is 2. The molecule has 1 fully saturated rings. The fraction of sp³-hybridized carbons (Fsp3) is 0.786. The average molecular weight is 235 g/mol. The molecular weight excluding hydrogens is 210 g/mol. The van der Waals surface area contributed by atoms with Crippen molar-refractivity contribution in [3.8, 4) is 0 Å². The lowest BCUT2D eigenvalue weighted by Crippen LogP contribution is -2.36. The third-order valence-corrected chi connectivity index (χ3v) is 3.99. The standard InChI is InChI=1S/C14H25N3/c1-4-15-10-13-7-6-12(13)9-14-8-11(3)16-17(14)5-2/h8,12-13,15H,4-7,9-10H2,1-3H3. The van der Waals surface area contributed by atoms with E-state index in [1.165, 1.54) is 31.5 Å². The maximum absolute atomic E-state index is 4.53. The van der Waals surface area contributed by atoms with Gasteiger partial charge in [0.1, 0.15) is 0 Å². The Hall–Kier alpha value is -0.830. The lowest BCUT2D eigenvalue weighted by Gasteiger charge is -2.37. The Morgan fingerprint density at radius 1 is 1.35 bits per heavy atom. The second kappa shape index (κ2) is 5.67. The SMILES string of the molecule is CCNCC1CCC1Cc1cc(C)nn1CC. The van der Waals surface area contributed by atoms with E-state index < -0.39 is 0 Å². The zero-order valence-electron chi connectivity index (χ0n) is 11.4. The predicted octanol–water partition coefficient (Wildman–Crippen LogP) is 2.39. The van der Waals surface area contributed by atoms with E-state index in [0.29, 0.717) is 0 Å². The van der Waals surface area contributed by atoms with Gasteiger partial charge in [0, 0.05) is 12.2 Å². The summed E-state index contributed by atoms with van der Waals surface area (Å²) in [6.07, 6.45) is 4.01. The Labute approximate surface area is 105 Å². The van der Waals surface area contributed by atoms with Crippen molar-refractivity contribution < 1.29 is 0 Å². The Balaban J connectivity index is 1.91. The van der Waals surface area contributed by atoms with Gasteiger partial charge in [-0.25, -0.2) is 0 Å². The molecule has 17 heavy (non-hydrogen) atoms. The molecule has 1 aliphatic carbocycles. The maximum atomic E-state index is 4.53. The third kappa shape index (κ3) is 2.89. The van der Waals surface area contributed by atoms with Crippen LogP contribution >= 0.6 is 0 Å². The van der Waals surface area contributed by atoms with E-state index in [1.807, 2.05) is 0 Å². The van der Waals surface area contributed by atoms with Gasteiger partial charge < -0.3 is 5.32 Å². The van der Waals surface area contributed by atoms with Gasteiger partial charge in [0.05, 0.1) is 5.69 Å². The monoisotopic (exact) mass is 235 g/mol. The molecule has 0 radical (unpaired) electrons. The number of rotatable bonds is 6. The highest BCUT2D eigenvalue weighted by molar-refractivity contribution is 5.10. The first kappa shape index (κ1) is 12.6. The van der Waals surface area contributed by atoms with Gasteiger partial charge in [-0.3, -0.25) is 4.68 Å². The number of nitrogens with one attached hydrogen (secondary N) is 1. The van der Waals surface area contributed by atoms with Gasteiger partial charge in [-0.1, -0.05) is 6.92 Å². The summed E-state index contributed by atoms with van der Waals surface area (Å²) in [5, 5.41) is 8.01. The fourth-order valence-electron chi connectivity index (χ4n) is 2.81. The molecule has 1 N–H and O–H groups in total. The van der Waals surface area contributed by atoms with Gasteiger partial charge in [-0.05, 0) is 64.1 Å². The van der Waals surface area contributed by atoms with Crippen molar-refractivity contribution in [2.24, 2.45) is 11.8 Å². The molecule has 0 spiro atoms. The quantitative estimate of drug-likeness (QED) is 0.820. The molecule has 0 aliphatic heterocycles. The van der Waals surface area contributed by atoms with Crippen LogP contribution in [0.25, 0.3) is 0 Å². The number of nitrogens with zero attached hydrogens (tertiary/aromatic N) is 2. The van der Waals surface area contributed by atoms with Crippen molar-refractivity contribution in [3.63, 3.8) is 0 Å². The summed E-state index contributed by atoms with van der Waals surface area (Å²) in [5.74, 6) is 1.76. The molecule has 96 valence electrons. The third-order valence-electron chi connectivity index (χ3n) is 3.99. The smallest absolute Gasteiger partial charge is 0.0596 e. The van der Waals surface area contributed by atoms with Crippen molar-refractivity contribution in [2.45, 2.75) is 46.6 Å². The number of aromatic nitrogens is 2. The zero-order chi connectivity index (χ0) is 12.3. The number of hydrogen-bond donors (Lipinski definition) is 1. The molecule has 2 atom stereocenters. The fourth-order valence-corrected chi connectivity index (χ4v) is 2.81. The molecule has 1 saturated carbocycles. The summed E-state index contributed by atoms with van der Waals surface area (Å²) < 4.78 is 2.16. The van der Waals surface area contributed by atoms with Crippen LogP contribution in [0.2, 0.25) is 0 Å². The molecule has 1 heterocycles. The predicted molar refractivity (Wildman–Crippen MR) is 71.1 cm³/mol. The molecule has 3 nitrogen and oxygen atoms in total. The Morgan fingerprint density at radius 3 is 2.71 bits per heavy atom. The Kier molecular flexibility index (Phi) is 4.21. The summed E-state index contributed by atoms with van der Waals surface area (Å²) in [7, 11) is 0. The van der Waals surface area contributed by atoms with Gasteiger partial charge in [0.15, 0.2) is 0 Å². The van der Waals surface area contributed by atoms with Crippen LogP contribution in [0.1, 0.15) is 38.1 Å². The van der Waals surface area contributed by atoms with E-state index >= 15 is 0 Å². The highest BCUT2D eigenvalue weighted by Crippen LogP contribution is 2.36. The van der Waals surface area contributed by atoms with Crippen molar-refractivity contribution in [2.75, 3.05) is 13.1 Å². The second-order valence-corrected chi connectivity index (χ2v) is 5.20. The first-order valence-electron chi connectivity index (χ1n) is 6.98. The highest BCUT2D eigenvalue weighted by Gasteiger charge is 2.30. The molecule has 1 aliphatic rings. The van der Waals surface area contributed by atoms with Crippen LogP contribution in [0.3, 0.4) is 0 Å². The van der Waals surface area contributed by atoms with Crippen LogP contribution in [0.15, 0.2) is 6.07 Å². The van der Waals surface area contributed by atoms with E-state index in [2.05, 4.69) is 41.9 Å². The number of hydrogen-bond acceptors (Lipinski definition) is 2. The summed E-state index contributed by atoms with van der Waals surface area (Å²) in [6, 6.07) is 2.26. The molecule has 1 aromatic rings. The van der Waals surface area contributed by atoms with E-state index in [0.717, 1.165) is 30.6 Å².